The molecule has 1 aromatic carbocycles. The number of anilines is 1. The topological polar surface area (TPSA) is 103 Å². The number of carbonyl (C=O) groups is 1. The highest BCUT2D eigenvalue weighted by Gasteiger charge is 2.16. The van der Waals surface area contributed by atoms with E-state index >= 15 is 0 Å². The standard InChI is InChI=1S/C18H18N8OS/c1-11-15(12(2)26-17(21-11)23-18(24-26)28-3)8-16(27)22-13-4-6-14(7-5-13)25-10-19-9-20-25/h4-7,9-10H,8H2,1-3H3,(H,22,27). The number of amides is 1. The molecule has 0 aliphatic rings. The van der Waals surface area contributed by atoms with Crippen LogP contribution in [0.2, 0.25) is 0 Å². The molecular weight excluding hydrogens is 376 g/mol. The van der Waals surface area contributed by atoms with Gasteiger partial charge in [0.2, 0.25) is 11.1 Å². The Morgan fingerprint density at radius 1 is 1.18 bits per heavy atom. The van der Waals surface area contributed by atoms with Crippen molar-refractivity contribution in [2.24, 2.45) is 0 Å². The molecule has 0 saturated heterocycles. The summed E-state index contributed by atoms with van der Waals surface area (Å²) in [5.41, 5.74) is 4.08. The van der Waals surface area contributed by atoms with Crippen molar-refractivity contribution in [3.8, 4) is 5.69 Å². The minimum absolute atomic E-state index is 0.119. The molecular formula is C18H18N8OS. The monoisotopic (exact) mass is 394 g/mol. The number of rotatable bonds is 5. The average molecular weight is 394 g/mol. The van der Waals surface area contributed by atoms with Crippen LogP contribution in [0.25, 0.3) is 11.5 Å². The highest BCUT2D eigenvalue weighted by atomic mass is 32.2. The first-order valence-corrected chi connectivity index (χ1v) is 9.79. The number of hydrogen-bond donors (Lipinski definition) is 1. The third-order valence-electron chi connectivity index (χ3n) is 4.38. The van der Waals surface area contributed by atoms with E-state index in [4.69, 9.17) is 0 Å². The van der Waals surface area contributed by atoms with Crippen LogP contribution in [0.3, 0.4) is 0 Å². The molecule has 0 saturated carbocycles. The quantitative estimate of drug-likeness (QED) is 0.518. The first-order valence-electron chi connectivity index (χ1n) is 8.57. The molecule has 142 valence electrons. The number of nitrogens with zero attached hydrogens (tertiary/aromatic N) is 7. The molecule has 3 aromatic heterocycles. The Balaban J connectivity index is 1.52. The molecule has 0 unspecified atom stereocenters. The number of fused-ring (bicyclic) bond motifs is 1. The summed E-state index contributed by atoms with van der Waals surface area (Å²) in [5, 5.41) is 12.1. The van der Waals surface area contributed by atoms with Gasteiger partial charge in [-0.15, -0.1) is 5.10 Å². The van der Waals surface area contributed by atoms with E-state index in [1.807, 2.05) is 44.4 Å². The van der Waals surface area contributed by atoms with Gasteiger partial charge in [0.1, 0.15) is 12.7 Å². The SMILES string of the molecule is CSc1nc2nc(C)c(CC(=O)Nc3ccc(-n4cncn4)cc3)c(C)n2n1. The Morgan fingerprint density at radius 2 is 1.96 bits per heavy atom. The van der Waals surface area contributed by atoms with Gasteiger partial charge in [-0.1, -0.05) is 11.8 Å². The van der Waals surface area contributed by atoms with Crippen LogP contribution in [0, 0.1) is 13.8 Å². The van der Waals surface area contributed by atoms with Crippen LogP contribution in [-0.4, -0.2) is 46.5 Å². The highest BCUT2D eigenvalue weighted by molar-refractivity contribution is 7.98. The fraction of sp³-hybridized carbons (Fsp3) is 0.222. The lowest BCUT2D eigenvalue weighted by molar-refractivity contribution is -0.115. The minimum Gasteiger partial charge on any atom is -0.326 e. The number of hydrogen-bond acceptors (Lipinski definition) is 7. The third-order valence-corrected chi connectivity index (χ3v) is 4.92. The fourth-order valence-electron chi connectivity index (χ4n) is 2.94. The van der Waals surface area contributed by atoms with Crippen molar-refractivity contribution in [3.05, 3.63) is 53.9 Å². The van der Waals surface area contributed by atoms with Gasteiger partial charge in [0, 0.05) is 22.6 Å². The van der Waals surface area contributed by atoms with Crippen molar-refractivity contribution in [2.45, 2.75) is 25.4 Å². The zero-order valence-corrected chi connectivity index (χ0v) is 16.4. The van der Waals surface area contributed by atoms with Gasteiger partial charge in [0.25, 0.3) is 5.78 Å². The first kappa shape index (κ1) is 18.1. The van der Waals surface area contributed by atoms with Crippen LogP contribution in [-0.2, 0) is 11.2 Å². The lowest BCUT2D eigenvalue weighted by Gasteiger charge is -2.11. The molecule has 0 aliphatic heterocycles. The molecule has 0 atom stereocenters. The number of benzene rings is 1. The van der Waals surface area contributed by atoms with E-state index in [2.05, 4.69) is 30.5 Å². The van der Waals surface area contributed by atoms with Gasteiger partial charge in [-0.3, -0.25) is 4.79 Å². The number of aryl methyl sites for hydroxylation is 2. The van der Waals surface area contributed by atoms with Gasteiger partial charge in [-0.2, -0.15) is 10.1 Å². The Bertz CT molecular complexity index is 1130. The van der Waals surface area contributed by atoms with Crippen LogP contribution in [0.4, 0.5) is 5.69 Å². The van der Waals surface area contributed by atoms with Crippen LogP contribution < -0.4 is 5.32 Å². The maximum atomic E-state index is 12.6. The smallest absolute Gasteiger partial charge is 0.253 e. The maximum absolute atomic E-state index is 12.6. The molecule has 10 heteroatoms. The van der Waals surface area contributed by atoms with E-state index in [0.717, 1.165) is 22.6 Å². The summed E-state index contributed by atoms with van der Waals surface area (Å²) in [6, 6.07) is 7.40. The average Bonchev–Trinajstić information content (AvgIpc) is 3.35. The van der Waals surface area contributed by atoms with Gasteiger partial charge in [0.15, 0.2) is 0 Å². The molecule has 28 heavy (non-hydrogen) atoms. The van der Waals surface area contributed by atoms with Crippen molar-refractivity contribution in [1.29, 1.82) is 0 Å². The minimum atomic E-state index is -0.119. The molecule has 4 aromatic rings. The van der Waals surface area contributed by atoms with Crippen LogP contribution in [0.5, 0.6) is 0 Å². The molecule has 1 amide bonds. The number of thioether (sulfide) groups is 1. The summed E-state index contributed by atoms with van der Waals surface area (Å²) in [4.78, 5) is 25.4. The second-order valence-electron chi connectivity index (χ2n) is 6.18. The summed E-state index contributed by atoms with van der Waals surface area (Å²) < 4.78 is 3.34. The van der Waals surface area contributed by atoms with Crippen molar-refractivity contribution in [1.82, 2.24) is 34.3 Å². The van der Waals surface area contributed by atoms with Gasteiger partial charge in [0.05, 0.1) is 12.1 Å². The van der Waals surface area contributed by atoms with Crippen LogP contribution in [0.15, 0.2) is 42.1 Å². The zero-order chi connectivity index (χ0) is 19.7. The molecule has 0 spiro atoms. The van der Waals surface area contributed by atoms with E-state index in [1.54, 1.807) is 15.5 Å². The van der Waals surface area contributed by atoms with Gasteiger partial charge >= 0.3 is 0 Å². The van der Waals surface area contributed by atoms with Gasteiger partial charge in [-0.25, -0.2) is 19.2 Å². The lowest BCUT2D eigenvalue weighted by atomic mass is 10.1. The largest absolute Gasteiger partial charge is 0.326 e. The van der Waals surface area contributed by atoms with E-state index < -0.39 is 0 Å². The molecule has 0 radical (unpaired) electrons. The summed E-state index contributed by atoms with van der Waals surface area (Å²) >= 11 is 1.46. The zero-order valence-electron chi connectivity index (χ0n) is 15.6. The summed E-state index contributed by atoms with van der Waals surface area (Å²) in [6.07, 6.45) is 5.22. The molecule has 0 bridgehead atoms. The van der Waals surface area contributed by atoms with E-state index in [0.29, 0.717) is 16.6 Å². The molecule has 9 nitrogen and oxygen atoms in total. The van der Waals surface area contributed by atoms with E-state index in [9.17, 15) is 4.79 Å². The molecule has 4 rings (SSSR count). The molecule has 0 aliphatic carbocycles. The number of carbonyl (C=O) groups excluding carboxylic acids is 1. The Kier molecular flexibility index (Phi) is 4.78. The van der Waals surface area contributed by atoms with Gasteiger partial charge in [-0.05, 0) is 44.4 Å². The van der Waals surface area contributed by atoms with Crippen molar-refractivity contribution >= 4 is 29.1 Å². The first-order chi connectivity index (χ1) is 13.5. The highest BCUT2D eigenvalue weighted by Crippen LogP contribution is 2.18. The van der Waals surface area contributed by atoms with Crippen molar-refractivity contribution in [2.75, 3.05) is 11.6 Å². The van der Waals surface area contributed by atoms with Gasteiger partial charge < -0.3 is 5.32 Å². The van der Waals surface area contributed by atoms with E-state index in [-0.39, 0.29) is 12.3 Å². The Morgan fingerprint density at radius 3 is 2.64 bits per heavy atom. The molecule has 0 fully saturated rings. The normalized spacial score (nSPS) is 11.1. The Labute approximate surface area is 165 Å². The predicted molar refractivity (Wildman–Crippen MR) is 106 cm³/mol. The van der Waals surface area contributed by atoms with Crippen LogP contribution >= 0.6 is 11.8 Å². The second-order valence-corrected chi connectivity index (χ2v) is 6.96. The second kappa shape index (κ2) is 7.39. The molecule has 3 heterocycles. The summed E-state index contributed by atoms with van der Waals surface area (Å²) in [6.45, 7) is 3.81. The van der Waals surface area contributed by atoms with Crippen molar-refractivity contribution < 1.29 is 4.79 Å². The molecule has 1 N–H and O–H groups in total. The predicted octanol–water partition coefficient (Wildman–Crippen LogP) is 2.22. The van der Waals surface area contributed by atoms with Crippen molar-refractivity contribution in [3.63, 3.8) is 0 Å². The number of aromatic nitrogens is 7. The summed E-state index contributed by atoms with van der Waals surface area (Å²) in [7, 11) is 0. The lowest BCUT2D eigenvalue weighted by Crippen LogP contribution is -2.17. The Hall–Kier alpha value is -3.27. The summed E-state index contributed by atoms with van der Waals surface area (Å²) in [5.74, 6) is 0.429. The maximum Gasteiger partial charge on any atom is 0.253 e. The van der Waals surface area contributed by atoms with Crippen LogP contribution in [0.1, 0.15) is 17.0 Å². The fourth-order valence-corrected chi connectivity index (χ4v) is 3.27. The number of nitrogens with one attached hydrogen (secondary N) is 1. The van der Waals surface area contributed by atoms with E-state index in [1.165, 1.54) is 18.1 Å². The third kappa shape index (κ3) is 3.46.